The number of rotatable bonds is 8. The third-order valence-corrected chi connectivity index (χ3v) is 8.16. The van der Waals surface area contributed by atoms with Gasteiger partial charge < -0.3 is 10.1 Å². The summed E-state index contributed by atoms with van der Waals surface area (Å²) in [5.74, 6) is -0.509. The highest BCUT2D eigenvalue weighted by molar-refractivity contribution is 7.92. The third-order valence-electron chi connectivity index (χ3n) is 5.07. The van der Waals surface area contributed by atoms with Gasteiger partial charge in [0.25, 0.3) is 0 Å². The van der Waals surface area contributed by atoms with Crippen LogP contribution in [0.1, 0.15) is 13.3 Å². The summed E-state index contributed by atoms with van der Waals surface area (Å²) in [6, 6.07) is 13.3. The Hall–Kier alpha value is -2.47. The lowest BCUT2D eigenvalue weighted by atomic mass is 10.2. The Morgan fingerprint density at radius 1 is 1.03 bits per heavy atom. The molecule has 0 unspecified atom stereocenters. The molecule has 0 bridgehead atoms. The number of nitrogens with one attached hydrogen (secondary N) is 1. The number of morpholine rings is 1. The molecule has 1 atom stereocenters. The Labute approximate surface area is 189 Å². The summed E-state index contributed by atoms with van der Waals surface area (Å²) >= 11 is 0. The number of para-hydroxylation sites is 1. The molecule has 9 nitrogen and oxygen atoms in total. The minimum absolute atomic E-state index is 0.117. The zero-order valence-electron chi connectivity index (χ0n) is 18.0. The predicted octanol–water partition coefficient (Wildman–Crippen LogP) is 1.89. The van der Waals surface area contributed by atoms with E-state index in [0.29, 0.717) is 37.7 Å². The van der Waals surface area contributed by atoms with Gasteiger partial charge in [0.1, 0.15) is 6.04 Å². The molecule has 174 valence electrons. The molecule has 2 aromatic carbocycles. The molecule has 1 aliphatic rings. The first-order valence-electron chi connectivity index (χ1n) is 10.2. The van der Waals surface area contributed by atoms with Gasteiger partial charge in [-0.15, -0.1) is 0 Å². The molecule has 0 spiro atoms. The number of nitrogens with zero attached hydrogens (tertiary/aromatic N) is 2. The van der Waals surface area contributed by atoms with Crippen LogP contribution in [0.4, 0.5) is 11.4 Å². The summed E-state index contributed by atoms with van der Waals surface area (Å²) in [5.41, 5.74) is 0.764. The van der Waals surface area contributed by atoms with Crippen molar-refractivity contribution in [2.24, 2.45) is 0 Å². The Bertz CT molecular complexity index is 1130. The molecule has 1 amide bonds. The van der Waals surface area contributed by atoms with Gasteiger partial charge in [-0.2, -0.15) is 4.31 Å². The van der Waals surface area contributed by atoms with E-state index in [0.717, 1.165) is 10.6 Å². The highest BCUT2D eigenvalue weighted by atomic mass is 32.2. The number of benzene rings is 2. The summed E-state index contributed by atoms with van der Waals surface area (Å²) in [4.78, 5) is 13.1. The number of hydrogen-bond acceptors (Lipinski definition) is 6. The first-order valence-corrected chi connectivity index (χ1v) is 13.5. The van der Waals surface area contributed by atoms with Crippen LogP contribution in [0.3, 0.4) is 0 Å². The minimum Gasteiger partial charge on any atom is -0.379 e. The maximum atomic E-state index is 13.0. The van der Waals surface area contributed by atoms with Crippen LogP contribution in [0.25, 0.3) is 0 Å². The quantitative estimate of drug-likeness (QED) is 0.616. The predicted molar refractivity (Wildman–Crippen MR) is 122 cm³/mol. The van der Waals surface area contributed by atoms with E-state index in [2.05, 4.69) is 5.32 Å². The van der Waals surface area contributed by atoms with E-state index in [4.69, 9.17) is 4.74 Å². The van der Waals surface area contributed by atoms with Gasteiger partial charge in [0.05, 0.1) is 30.1 Å². The maximum absolute atomic E-state index is 13.0. The van der Waals surface area contributed by atoms with Gasteiger partial charge in [0.2, 0.25) is 26.0 Å². The van der Waals surface area contributed by atoms with Crippen molar-refractivity contribution in [3.63, 3.8) is 0 Å². The summed E-state index contributed by atoms with van der Waals surface area (Å²) in [7, 11) is -7.37. The lowest BCUT2D eigenvalue weighted by Gasteiger charge is -2.30. The van der Waals surface area contributed by atoms with Crippen LogP contribution in [-0.2, 0) is 29.6 Å². The fourth-order valence-electron chi connectivity index (χ4n) is 3.51. The fourth-order valence-corrected chi connectivity index (χ4v) is 6.13. The van der Waals surface area contributed by atoms with Crippen LogP contribution in [0.2, 0.25) is 0 Å². The molecule has 1 heterocycles. The SMILES string of the molecule is CC[C@@H](C(=O)Nc1ccc(S(=O)(=O)N2CCOCC2)cc1)N(c1ccccc1)S(C)(=O)=O. The van der Waals surface area contributed by atoms with Crippen molar-refractivity contribution in [2.45, 2.75) is 24.3 Å². The Kier molecular flexibility index (Phi) is 7.55. The van der Waals surface area contributed by atoms with Gasteiger partial charge >= 0.3 is 0 Å². The monoisotopic (exact) mass is 481 g/mol. The molecule has 32 heavy (non-hydrogen) atoms. The van der Waals surface area contributed by atoms with Gasteiger partial charge in [-0.3, -0.25) is 9.10 Å². The van der Waals surface area contributed by atoms with Crippen LogP contribution in [0.15, 0.2) is 59.5 Å². The summed E-state index contributed by atoms with van der Waals surface area (Å²) < 4.78 is 58.1. The topological polar surface area (TPSA) is 113 Å². The highest BCUT2D eigenvalue weighted by Crippen LogP contribution is 2.24. The smallest absolute Gasteiger partial charge is 0.248 e. The van der Waals surface area contributed by atoms with Gasteiger partial charge in [-0.05, 0) is 42.8 Å². The van der Waals surface area contributed by atoms with Crippen molar-refractivity contribution in [3.8, 4) is 0 Å². The van der Waals surface area contributed by atoms with Crippen molar-refractivity contribution in [2.75, 3.05) is 42.2 Å². The molecule has 0 saturated carbocycles. The van der Waals surface area contributed by atoms with Crippen LogP contribution < -0.4 is 9.62 Å². The fraction of sp³-hybridized carbons (Fsp3) is 0.381. The van der Waals surface area contributed by atoms with E-state index < -0.39 is 32.0 Å². The van der Waals surface area contributed by atoms with Crippen molar-refractivity contribution in [3.05, 3.63) is 54.6 Å². The molecule has 0 radical (unpaired) electrons. The number of carbonyl (C=O) groups is 1. The highest BCUT2D eigenvalue weighted by Gasteiger charge is 2.31. The molecule has 1 aliphatic heterocycles. The van der Waals surface area contributed by atoms with Crippen molar-refractivity contribution in [1.29, 1.82) is 0 Å². The number of carbonyl (C=O) groups excluding carboxylic acids is 1. The summed E-state index contributed by atoms with van der Waals surface area (Å²) in [6.45, 7) is 3.01. The molecule has 1 fully saturated rings. The normalized spacial score (nSPS) is 16.3. The van der Waals surface area contributed by atoms with Gasteiger partial charge in [-0.25, -0.2) is 16.8 Å². The van der Waals surface area contributed by atoms with E-state index in [-0.39, 0.29) is 11.3 Å². The number of anilines is 2. The zero-order chi connectivity index (χ0) is 23.4. The second kappa shape index (κ2) is 9.99. The molecule has 1 N–H and O–H groups in total. The molecule has 3 rings (SSSR count). The number of hydrogen-bond donors (Lipinski definition) is 1. The minimum atomic E-state index is -3.73. The lowest BCUT2D eigenvalue weighted by Crippen LogP contribution is -2.47. The molecule has 11 heteroatoms. The summed E-state index contributed by atoms with van der Waals surface area (Å²) in [5, 5.41) is 2.70. The van der Waals surface area contributed by atoms with Gasteiger partial charge in [0.15, 0.2) is 0 Å². The zero-order valence-corrected chi connectivity index (χ0v) is 19.6. The average Bonchev–Trinajstić information content (AvgIpc) is 2.78. The summed E-state index contributed by atoms with van der Waals surface area (Å²) in [6.07, 6.45) is 1.30. The van der Waals surface area contributed by atoms with E-state index in [1.165, 1.54) is 28.6 Å². The molecular weight excluding hydrogens is 454 g/mol. The Balaban J connectivity index is 1.79. The maximum Gasteiger partial charge on any atom is 0.248 e. The molecule has 0 aromatic heterocycles. The van der Waals surface area contributed by atoms with Crippen LogP contribution >= 0.6 is 0 Å². The van der Waals surface area contributed by atoms with Crippen molar-refractivity contribution >= 4 is 37.3 Å². The lowest BCUT2D eigenvalue weighted by molar-refractivity contribution is -0.117. The second-order valence-electron chi connectivity index (χ2n) is 7.35. The molecule has 0 aliphatic carbocycles. The Morgan fingerprint density at radius 3 is 2.16 bits per heavy atom. The van der Waals surface area contributed by atoms with Crippen molar-refractivity contribution < 1.29 is 26.4 Å². The van der Waals surface area contributed by atoms with E-state index in [1.807, 2.05) is 0 Å². The van der Waals surface area contributed by atoms with E-state index >= 15 is 0 Å². The second-order valence-corrected chi connectivity index (χ2v) is 11.1. The molecular formula is C21H27N3O6S2. The average molecular weight is 482 g/mol. The standard InChI is InChI=1S/C21H27N3O6S2/c1-3-20(24(31(2,26)27)18-7-5-4-6-8-18)21(25)22-17-9-11-19(12-10-17)32(28,29)23-13-15-30-16-14-23/h4-12,20H,3,13-16H2,1-2H3,(H,22,25)/t20-/m0/s1. The van der Waals surface area contributed by atoms with Crippen LogP contribution in [0, 0.1) is 0 Å². The number of ether oxygens (including phenoxy) is 1. The number of sulfonamides is 2. The number of amides is 1. The van der Waals surface area contributed by atoms with Crippen LogP contribution in [-0.4, -0.2) is 65.6 Å². The molecule has 2 aromatic rings. The Morgan fingerprint density at radius 2 is 1.62 bits per heavy atom. The molecule has 1 saturated heterocycles. The van der Waals surface area contributed by atoms with E-state index in [1.54, 1.807) is 37.3 Å². The largest absolute Gasteiger partial charge is 0.379 e. The first-order chi connectivity index (χ1) is 15.1. The van der Waals surface area contributed by atoms with E-state index in [9.17, 15) is 21.6 Å². The van der Waals surface area contributed by atoms with Crippen LogP contribution in [0.5, 0.6) is 0 Å². The van der Waals surface area contributed by atoms with Crippen molar-refractivity contribution in [1.82, 2.24) is 4.31 Å². The van der Waals surface area contributed by atoms with Gasteiger partial charge in [0, 0.05) is 18.8 Å². The third kappa shape index (κ3) is 5.47. The van der Waals surface area contributed by atoms with Gasteiger partial charge in [-0.1, -0.05) is 25.1 Å². The first kappa shape index (κ1) is 24.2.